The Labute approximate surface area is 419 Å². The zero-order chi connectivity index (χ0) is 44.7. The lowest BCUT2D eigenvalue weighted by Gasteiger charge is -2.31. The predicted octanol–water partition coefficient (Wildman–Crippen LogP) is -1.62. The highest BCUT2D eigenvalue weighted by atomic mass is 127. The molecule has 0 aliphatic heterocycles. The number of carbonyl (C=O) groups excluding carboxylic acids is 6. The van der Waals surface area contributed by atoms with Crippen LogP contribution in [0.4, 0.5) is 5.69 Å². The summed E-state index contributed by atoms with van der Waals surface area (Å²) in [5.41, 5.74) is 1.48. The number of aliphatic hydroxyl groups is 8. The molecule has 59 heavy (non-hydrogen) atoms. The summed E-state index contributed by atoms with van der Waals surface area (Å²) in [5.74, 6) is -5.41. The topological polar surface area (TPSA) is 319 Å². The van der Waals surface area contributed by atoms with Gasteiger partial charge in [0, 0.05) is 58.1 Å². The number of Topliss-reactive ketones (excluding diaryl/α,β-unsaturated/α-hetero) is 2. The molecule has 2 atom stereocenters. The van der Waals surface area contributed by atoms with Crippen LogP contribution in [0.5, 0.6) is 0 Å². The highest BCUT2D eigenvalue weighted by Gasteiger charge is 2.40. The third-order valence-corrected chi connectivity index (χ3v) is 14.3. The van der Waals surface area contributed by atoms with E-state index in [1.807, 2.05) is 0 Å². The summed E-state index contributed by atoms with van der Waals surface area (Å²) in [4.78, 5) is 85.3. The molecule has 0 aromatic heterocycles. The van der Waals surface area contributed by atoms with Gasteiger partial charge in [0.1, 0.15) is 6.61 Å². The van der Waals surface area contributed by atoms with E-state index in [1.165, 1.54) is 0 Å². The maximum absolute atomic E-state index is 14.9. The van der Waals surface area contributed by atoms with Crippen LogP contribution in [0.25, 0.3) is 0 Å². The fraction of sp³-hybridized carbons (Fsp3) is 0.455. The zero-order valence-electron chi connectivity index (χ0n) is 30.5. The predicted molar refractivity (Wildman–Crippen MR) is 261 cm³/mol. The van der Waals surface area contributed by atoms with Crippen molar-refractivity contribution in [2.24, 2.45) is 0 Å². The fourth-order valence-electron chi connectivity index (χ4n) is 5.24. The van der Waals surface area contributed by atoms with Gasteiger partial charge in [0.2, 0.25) is 0 Å². The van der Waals surface area contributed by atoms with Gasteiger partial charge in [-0.2, -0.15) is 0 Å². The first-order valence-corrected chi connectivity index (χ1v) is 23.5. The van der Waals surface area contributed by atoms with Crippen molar-refractivity contribution in [2.75, 3.05) is 90.4 Å². The van der Waals surface area contributed by atoms with Crippen LogP contribution in [-0.2, 0) is 4.79 Å². The summed E-state index contributed by atoms with van der Waals surface area (Å²) < 4.78 is 0.178. The normalized spacial score (nSPS) is 12.2. The summed E-state index contributed by atoms with van der Waals surface area (Å²) in [6.07, 6.45) is -1.46. The number of rotatable bonds is 24. The Bertz CT molecular complexity index is 1850. The minimum Gasteiger partial charge on any atom is -0.395 e. The number of anilines is 1. The molecule has 0 saturated carbocycles. The van der Waals surface area contributed by atoms with E-state index in [1.54, 1.807) is 136 Å². The van der Waals surface area contributed by atoms with E-state index >= 15 is 0 Å². The van der Waals surface area contributed by atoms with Crippen molar-refractivity contribution in [3.05, 3.63) is 49.2 Å². The third-order valence-electron chi connectivity index (χ3n) is 7.83. The smallest absolute Gasteiger partial charge is 0.270 e. The highest BCUT2D eigenvalue weighted by molar-refractivity contribution is 14.1. The number of carbonyl (C=O) groups is 6. The number of hydrogen-bond acceptors (Lipinski definition) is 16. The van der Waals surface area contributed by atoms with Crippen molar-refractivity contribution in [1.29, 1.82) is 0 Å². The lowest BCUT2D eigenvalue weighted by atomic mass is 9.95. The number of ketones is 2. The van der Waals surface area contributed by atoms with Crippen molar-refractivity contribution >= 4 is 176 Å². The van der Waals surface area contributed by atoms with E-state index in [0.717, 1.165) is 9.91 Å². The summed E-state index contributed by atoms with van der Waals surface area (Å²) in [6, 6.07) is -1.94. The van der Waals surface area contributed by atoms with E-state index in [4.69, 9.17) is 0 Å². The Kier molecular flexibility index (Phi) is 25.1. The van der Waals surface area contributed by atoms with Crippen molar-refractivity contribution < 1.29 is 69.6 Å². The summed E-state index contributed by atoms with van der Waals surface area (Å²) in [6.45, 7) is -6.31. The molecule has 0 spiro atoms. The van der Waals surface area contributed by atoms with E-state index in [2.05, 4.69) is 21.4 Å². The standard InChI is InChI=1S/C33H40I6N6O14/c34-21-16(15(54)13-52)22(35)20(32(58)45(43-4-9-49)11-14(53)12-51)23(36)17(21)29(55)27(40-1-6-46)33(59)44(5-10-50)28-25(38)18(30(56)41-2-7-47)24(37)19(26(28)39)31(57)42-3-8-48/h14,27,40,43,46-53H,1-13H2,(H,41,56)(H,42,57). The lowest BCUT2D eigenvalue weighted by Crippen LogP contribution is -2.53. The molecule has 0 bridgehead atoms. The number of halogens is 6. The first kappa shape index (κ1) is 54.8. The maximum atomic E-state index is 14.9. The van der Waals surface area contributed by atoms with Crippen molar-refractivity contribution in [2.45, 2.75) is 12.1 Å². The molecular weight excluding hydrogens is 1470 g/mol. The van der Waals surface area contributed by atoms with Gasteiger partial charge in [0.05, 0.1) is 81.8 Å². The van der Waals surface area contributed by atoms with E-state index in [9.17, 15) is 69.6 Å². The minimum absolute atomic E-state index is 0.0126. The zero-order valence-corrected chi connectivity index (χ0v) is 43.5. The Morgan fingerprint density at radius 1 is 0.576 bits per heavy atom. The van der Waals surface area contributed by atoms with Gasteiger partial charge in [-0.05, 0) is 136 Å². The molecule has 0 aliphatic carbocycles. The molecule has 0 fully saturated rings. The molecule has 2 aromatic carbocycles. The molecule has 26 heteroatoms. The average molecular weight is 1510 g/mol. The van der Waals surface area contributed by atoms with E-state index in [0.29, 0.717) is 0 Å². The number of hydrogen-bond donors (Lipinski definition) is 12. The number of amides is 4. The quantitative estimate of drug-likeness (QED) is 0.0244. The summed E-state index contributed by atoms with van der Waals surface area (Å²) in [7, 11) is 0. The largest absolute Gasteiger partial charge is 0.395 e. The minimum atomic E-state index is -1.94. The van der Waals surface area contributed by atoms with Gasteiger partial charge in [0.15, 0.2) is 17.6 Å². The molecule has 0 radical (unpaired) electrons. The highest BCUT2D eigenvalue weighted by Crippen LogP contribution is 2.39. The Morgan fingerprint density at radius 2 is 1.05 bits per heavy atom. The molecule has 20 nitrogen and oxygen atoms in total. The van der Waals surface area contributed by atoms with Crippen LogP contribution in [0, 0.1) is 21.4 Å². The van der Waals surface area contributed by atoms with Crippen LogP contribution in [0.3, 0.4) is 0 Å². The number of nitrogens with one attached hydrogen (secondary N) is 4. The first-order valence-electron chi connectivity index (χ1n) is 17.1. The van der Waals surface area contributed by atoms with E-state index in [-0.39, 0.29) is 81.1 Å². The maximum Gasteiger partial charge on any atom is 0.270 e. The molecule has 0 saturated heterocycles. The Balaban J connectivity index is 3.07. The van der Waals surface area contributed by atoms with Crippen LogP contribution >= 0.6 is 136 Å². The fourth-order valence-corrected chi connectivity index (χ4v) is 14.7. The van der Waals surface area contributed by atoms with Gasteiger partial charge < -0.3 is 56.4 Å². The SMILES string of the molecule is O=C(CO)c1c(I)c(C(=O)C(NCCO)C(=O)N(CCO)c2c(I)c(C(=O)NCCO)c(I)c(C(=O)NCCO)c2I)c(I)c(C(=O)N(CC(O)CO)NCCO)c1I. The molecule has 0 heterocycles. The van der Waals surface area contributed by atoms with Crippen LogP contribution in [0.2, 0.25) is 0 Å². The number of nitrogens with zero attached hydrogens (tertiary/aromatic N) is 2. The monoisotopic (exact) mass is 1510 g/mol. The molecule has 2 aromatic rings. The second-order valence-electron chi connectivity index (χ2n) is 11.7. The van der Waals surface area contributed by atoms with E-state index < -0.39 is 107 Å². The Hall–Kier alpha value is -0.360. The lowest BCUT2D eigenvalue weighted by molar-refractivity contribution is -0.119. The van der Waals surface area contributed by atoms with Gasteiger partial charge in [-0.1, -0.05) is 0 Å². The molecule has 0 aliphatic rings. The number of hydrazine groups is 1. The van der Waals surface area contributed by atoms with Gasteiger partial charge in [-0.15, -0.1) is 0 Å². The molecule has 2 unspecified atom stereocenters. The van der Waals surface area contributed by atoms with Crippen LogP contribution in [0.1, 0.15) is 51.8 Å². The van der Waals surface area contributed by atoms with Gasteiger partial charge in [0.25, 0.3) is 23.6 Å². The Morgan fingerprint density at radius 3 is 1.51 bits per heavy atom. The number of benzene rings is 2. The number of aliphatic hydroxyl groups excluding tert-OH is 8. The molecule has 328 valence electrons. The van der Waals surface area contributed by atoms with Crippen molar-refractivity contribution in [1.82, 2.24) is 26.4 Å². The second kappa shape index (κ2) is 27.1. The molecule has 12 N–H and O–H groups in total. The second-order valence-corrected chi connectivity index (χ2v) is 18.2. The van der Waals surface area contributed by atoms with Crippen LogP contribution in [-0.4, -0.2) is 179 Å². The van der Waals surface area contributed by atoms with Gasteiger partial charge in [-0.3, -0.25) is 39.1 Å². The summed E-state index contributed by atoms with van der Waals surface area (Å²) >= 11 is 10.4. The molecule has 4 amide bonds. The third kappa shape index (κ3) is 13.6. The molecular formula is C33H40I6N6O14. The van der Waals surface area contributed by atoms with Gasteiger partial charge >= 0.3 is 0 Å². The summed E-state index contributed by atoms with van der Waals surface area (Å²) in [5, 5.41) is 86.6. The van der Waals surface area contributed by atoms with Crippen molar-refractivity contribution in [3.8, 4) is 0 Å². The molecule has 2 rings (SSSR count). The van der Waals surface area contributed by atoms with Crippen LogP contribution < -0.4 is 26.3 Å². The van der Waals surface area contributed by atoms with Crippen LogP contribution in [0.15, 0.2) is 0 Å². The van der Waals surface area contributed by atoms with Crippen molar-refractivity contribution in [3.63, 3.8) is 0 Å². The average Bonchev–Trinajstić information content (AvgIpc) is 3.19. The first-order chi connectivity index (χ1) is 28.0. The van der Waals surface area contributed by atoms with Gasteiger partial charge in [-0.25, -0.2) is 5.43 Å².